The minimum Gasteiger partial charge on any atom is -0.497 e. The van der Waals surface area contributed by atoms with Crippen LogP contribution in [0.1, 0.15) is 36.0 Å². The first-order valence-electron chi connectivity index (χ1n) is 9.16. The van der Waals surface area contributed by atoms with Crippen LogP contribution in [0.5, 0.6) is 11.5 Å². The normalized spacial score (nSPS) is 13.3. The Morgan fingerprint density at radius 2 is 1.73 bits per heavy atom. The summed E-state index contributed by atoms with van der Waals surface area (Å²) in [6.07, 6.45) is 3.41. The molecule has 0 unspecified atom stereocenters. The molecule has 0 aromatic heterocycles. The van der Waals surface area contributed by atoms with E-state index in [4.69, 9.17) is 9.47 Å². The van der Waals surface area contributed by atoms with E-state index in [0.717, 1.165) is 29.9 Å². The Bertz CT molecular complexity index is 745. The molecule has 0 radical (unpaired) electrons. The van der Waals surface area contributed by atoms with Crippen molar-refractivity contribution >= 4 is 5.91 Å². The lowest BCUT2D eigenvalue weighted by Gasteiger charge is -2.23. The van der Waals surface area contributed by atoms with Crippen LogP contribution in [0.15, 0.2) is 42.5 Å². The molecule has 0 aliphatic heterocycles. The van der Waals surface area contributed by atoms with Gasteiger partial charge in [-0.1, -0.05) is 29.8 Å². The third-order valence-corrected chi connectivity index (χ3v) is 4.78. The van der Waals surface area contributed by atoms with Crippen molar-refractivity contribution in [1.82, 2.24) is 4.90 Å². The molecule has 0 saturated heterocycles. The molecule has 0 heterocycles. The van der Waals surface area contributed by atoms with Crippen LogP contribution in [0.4, 0.5) is 0 Å². The zero-order valence-corrected chi connectivity index (χ0v) is 15.8. The van der Waals surface area contributed by atoms with Crippen LogP contribution >= 0.6 is 0 Å². The van der Waals surface area contributed by atoms with Gasteiger partial charge in [0.1, 0.15) is 11.5 Å². The minimum atomic E-state index is 0.218. The van der Waals surface area contributed by atoms with E-state index in [2.05, 4.69) is 31.2 Å². The van der Waals surface area contributed by atoms with Crippen molar-refractivity contribution in [3.63, 3.8) is 0 Å². The van der Waals surface area contributed by atoms with Crippen molar-refractivity contribution in [2.45, 2.75) is 45.2 Å². The van der Waals surface area contributed by atoms with E-state index < -0.39 is 0 Å². The molecular formula is C22H27NO3. The lowest BCUT2D eigenvalue weighted by Crippen LogP contribution is -2.32. The molecule has 1 aliphatic carbocycles. The molecule has 1 saturated carbocycles. The molecule has 1 aliphatic rings. The summed E-state index contributed by atoms with van der Waals surface area (Å²) >= 11 is 0. The Morgan fingerprint density at radius 1 is 1.04 bits per heavy atom. The fourth-order valence-corrected chi connectivity index (χ4v) is 3.22. The van der Waals surface area contributed by atoms with E-state index in [9.17, 15) is 4.79 Å². The van der Waals surface area contributed by atoms with E-state index in [1.807, 2.05) is 23.1 Å². The van der Waals surface area contributed by atoms with Gasteiger partial charge < -0.3 is 14.4 Å². The third-order valence-electron chi connectivity index (χ3n) is 4.78. The molecule has 138 valence electrons. The summed E-state index contributed by atoms with van der Waals surface area (Å²) in [7, 11) is 3.28. The lowest BCUT2D eigenvalue weighted by molar-refractivity contribution is -0.132. The van der Waals surface area contributed by atoms with Crippen LogP contribution in [0.3, 0.4) is 0 Å². The molecule has 3 rings (SSSR count). The first-order chi connectivity index (χ1) is 12.6. The fourth-order valence-electron chi connectivity index (χ4n) is 3.22. The number of rotatable bonds is 8. The van der Waals surface area contributed by atoms with Crippen LogP contribution in [0.2, 0.25) is 0 Å². The van der Waals surface area contributed by atoms with Gasteiger partial charge in [0.05, 0.1) is 14.2 Å². The molecule has 0 spiro atoms. The van der Waals surface area contributed by atoms with Crippen LogP contribution in [-0.4, -0.2) is 31.1 Å². The topological polar surface area (TPSA) is 38.8 Å². The maximum atomic E-state index is 12.9. The van der Waals surface area contributed by atoms with Crippen molar-refractivity contribution in [3.8, 4) is 11.5 Å². The van der Waals surface area contributed by atoms with Gasteiger partial charge in [0.2, 0.25) is 5.91 Å². The highest BCUT2D eigenvalue weighted by Crippen LogP contribution is 2.30. The van der Waals surface area contributed by atoms with Gasteiger partial charge in [-0.2, -0.15) is 0 Å². The third kappa shape index (κ3) is 4.78. The second-order valence-electron chi connectivity index (χ2n) is 6.96. The van der Waals surface area contributed by atoms with Gasteiger partial charge in [-0.15, -0.1) is 0 Å². The molecular weight excluding hydrogens is 326 g/mol. The van der Waals surface area contributed by atoms with E-state index in [0.29, 0.717) is 25.4 Å². The van der Waals surface area contributed by atoms with E-state index >= 15 is 0 Å². The second-order valence-corrected chi connectivity index (χ2v) is 6.96. The Morgan fingerprint density at radius 3 is 2.31 bits per heavy atom. The largest absolute Gasteiger partial charge is 0.497 e. The predicted molar refractivity (Wildman–Crippen MR) is 103 cm³/mol. The van der Waals surface area contributed by atoms with Crippen LogP contribution in [0, 0.1) is 6.92 Å². The lowest BCUT2D eigenvalue weighted by atomic mass is 10.1. The molecule has 1 fully saturated rings. The first-order valence-corrected chi connectivity index (χ1v) is 9.16. The monoisotopic (exact) mass is 353 g/mol. The van der Waals surface area contributed by atoms with Crippen LogP contribution < -0.4 is 9.47 Å². The number of aryl methyl sites for hydroxylation is 2. The highest BCUT2D eigenvalue weighted by molar-refractivity contribution is 5.77. The maximum Gasteiger partial charge on any atom is 0.223 e. The number of carbonyl (C=O) groups excluding carboxylic acids is 1. The highest BCUT2D eigenvalue weighted by atomic mass is 16.5. The molecule has 2 aromatic carbocycles. The zero-order valence-electron chi connectivity index (χ0n) is 15.8. The summed E-state index contributed by atoms with van der Waals surface area (Å²) < 4.78 is 10.6. The molecule has 0 bridgehead atoms. The van der Waals surface area contributed by atoms with Gasteiger partial charge in [-0.25, -0.2) is 0 Å². The average molecular weight is 353 g/mol. The molecule has 2 aromatic rings. The summed E-state index contributed by atoms with van der Waals surface area (Å²) in [6.45, 7) is 2.79. The molecule has 4 heteroatoms. The molecule has 0 N–H and O–H groups in total. The Kier molecular flexibility index (Phi) is 5.82. The second kappa shape index (κ2) is 8.26. The number of hydrogen-bond acceptors (Lipinski definition) is 3. The van der Waals surface area contributed by atoms with Crippen molar-refractivity contribution < 1.29 is 14.3 Å². The molecule has 1 amide bonds. The van der Waals surface area contributed by atoms with Gasteiger partial charge in [0, 0.05) is 25.1 Å². The van der Waals surface area contributed by atoms with Crippen molar-refractivity contribution in [1.29, 1.82) is 0 Å². The van der Waals surface area contributed by atoms with Gasteiger partial charge in [0.25, 0.3) is 0 Å². The molecule has 26 heavy (non-hydrogen) atoms. The number of ether oxygens (including phenoxy) is 2. The Labute approximate surface area is 155 Å². The SMILES string of the molecule is COc1cc(CCC(=O)N(Cc2cccc(C)c2)C2CC2)cc(OC)c1. The summed E-state index contributed by atoms with van der Waals surface area (Å²) in [6, 6.07) is 14.6. The van der Waals surface area contributed by atoms with Crippen molar-refractivity contribution in [3.05, 3.63) is 59.2 Å². The predicted octanol–water partition coefficient (Wildman–Crippen LogP) is 4.14. The van der Waals surface area contributed by atoms with Gasteiger partial charge in [-0.3, -0.25) is 4.79 Å². The van der Waals surface area contributed by atoms with Crippen molar-refractivity contribution in [2.75, 3.05) is 14.2 Å². The molecule has 4 nitrogen and oxygen atoms in total. The van der Waals surface area contributed by atoms with Gasteiger partial charge in [-0.05, 0) is 49.4 Å². The van der Waals surface area contributed by atoms with Gasteiger partial charge >= 0.3 is 0 Å². The number of carbonyl (C=O) groups is 1. The van der Waals surface area contributed by atoms with E-state index in [1.54, 1.807) is 14.2 Å². The smallest absolute Gasteiger partial charge is 0.223 e. The maximum absolute atomic E-state index is 12.9. The number of hydrogen-bond donors (Lipinski definition) is 0. The van der Waals surface area contributed by atoms with Gasteiger partial charge in [0.15, 0.2) is 0 Å². The summed E-state index contributed by atoms with van der Waals surface area (Å²) in [4.78, 5) is 14.9. The standard InChI is InChI=1S/C22H27NO3/c1-16-5-4-6-18(11-16)15-23(19-8-9-19)22(24)10-7-17-12-20(25-2)14-21(13-17)26-3/h4-6,11-14,19H,7-10,15H2,1-3H3. The summed E-state index contributed by atoms with van der Waals surface area (Å²) in [5.74, 6) is 1.73. The van der Waals surface area contributed by atoms with E-state index in [1.165, 1.54) is 11.1 Å². The Hall–Kier alpha value is -2.49. The molecule has 0 atom stereocenters. The number of methoxy groups -OCH3 is 2. The summed E-state index contributed by atoms with van der Waals surface area (Å²) in [5, 5.41) is 0. The summed E-state index contributed by atoms with van der Waals surface area (Å²) in [5.41, 5.74) is 3.49. The number of nitrogens with zero attached hydrogens (tertiary/aromatic N) is 1. The van der Waals surface area contributed by atoms with E-state index in [-0.39, 0.29) is 5.91 Å². The number of benzene rings is 2. The first kappa shape index (κ1) is 18.3. The fraction of sp³-hybridized carbons (Fsp3) is 0.409. The minimum absolute atomic E-state index is 0.218. The van der Waals surface area contributed by atoms with Crippen LogP contribution in [0.25, 0.3) is 0 Å². The van der Waals surface area contributed by atoms with Crippen LogP contribution in [-0.2, 0) is 17.8 Å². The average Bonchev–Trinajstić information content (AvgIpc) is 3.49. The Balaban J connectivity index is 1.65. The quantitative estimate of drug-likeness (QED) is 0.716. The number of amides is 1. The zero-order chi connectivity index (χ0) is 18.5. The van der Waals surface area contributed by atoms with Crippen molar-refractivity contribution in [2.24, 2.45) is 0 Å². The highest BCUT2D eigenvalue weighted by Gasteiger charge is 2.32.